The molecule has 0 saturated heterocycles. The van der Waals surface area contributed by atoms with E-state index in [1.807, 2.05) is 6.92 Å². The Balaban J connectivity index is 2.04. The average Bonchev–Trinajstić information content (AvgIpc) is 2.68. The molecule has 2 aromatic carbocycles. The molecule has 0 saturated carbocycles. The van der Waals surface area contributed by atoms with Crippen molar-refractivity contribution in [2.45, 2.75) is 24.8 Å². The SMILES string of the molecule is Cc1ccc(S(=O)(=O)N2CCC(=O)c3cc(F)cc(Br)c3C2)cc1. The highest BCUT2D eigenvalue weighted by Crippen LogP contribution is 2.30. The average molecular weight is 412 g/mol. The third kappa shape index (κ3) is 3.16. The lowest BCUT2D eigenvalue weighted by atomic mass is 10.0. The predicted octanol–water partition coefficient (Wildman–Crippen LogP) is 3.67. The van der Waals surface area contributed by atoms with Crippen molar-refractivity contribution in [2.24, 2.45) is 0 Å². The monoisotopic (exact) mass is 411 g/mol. The van der Waals surface area contributed by atoms with Gasteiger partial charge in [-0.15, -0.1) is 0 Å². The van der Waals surface area contributed by atoms with Crippen LogP contribution in [0.2, 0.25) is 0 Å². The van der Waals surface area contributed by atoms with E-state index in [9.17, 15) is 17.6 Å². The van der Waals surface area contributed by atoms with Crippen molar-refractivity contribution >= 4 is 31.7 Å². The molecule has 0 radical (unpaired) electrons. The van der Waals surface area contributed by atoms with Crippen molar-refractivity contribution < 1.29 is 17.6 Å². The summed E-state index contributed by atoms with van der Waals surface area (Å²) < 4.78 is 41.0. The molecule has 126 valence electrons. The van der Waals surface area contributed by atoms with E-state index in [1.54, 1.807) is 24.3 Å². The number of ketones is 1. The minimum absolute atomic E-state index is 0.0218. The van der Waals surface area contributed by atoms with Crippen LogP contribution in [0.3, 0.4) is 0 Å². The maximum absolute atomic E-state index is 13.6. The molecule has 7 heteroatoms. The summed E-state index contributed by atoms with van der Waals surface area (Å²) in [6.07, 6.45) is 0.0218. The van der Waals surface area contributed by atoms with Gasteiger partial charge in [-0.2, -0.15) is 4.31 Å². The molecule has 1 heterocycles. The number of fused-ring (bicyclic) bond motifs is 1. The smallest absolute Gasteiger partial charge is 0.243 e. The topological polar surface area (TPSA) is 54.5 Å². The number of carbonyl (C=O) groups is 1. The van der Waals surface area contributed by atoms with Crippen LogP contribution in [-0.2, 0) is 16.6 Å². The van der Waals surface area contributed by atoms with E-state index in [4.69, 9.17) is 0 Å². The van der Waals surface area contributed by atoms with Gasteiger partial charge in [0.05, 0.1) is 4.90 Å². The van der Waals surface area contributed by atoms with Gasteiger partial charge < -0.3 is 0 Å². The summed E-state index contributed by atoms with van der Waals surface area (Å²) in [5.74, 6) is -0.782. The van der Waals surface area contributed by atoms with Gasteiger partial charge >= 0.3 is 0 Å². The van der Waals surface area contributed by atoms with Crippen LogP contribution in [0.1, 0.15) is 27.9 Å². The Labute approximate surface area is 148 Å². The lowest BCUT2D eigenvalue weighted by Crippen LogP contribution is -2.31. The zero-order valence-electron chi connectivity index (χ0n) is 12.9. The second-order valence-corrected chi connectivity index (χ2v) is 8.53. The Morgan fingerprint density at radius 1 is 1.17 bits per heavy atom. The van der Waals surface area contributed by atoms with Crippen LogP contribution in [0.4, 0.5) is 4.39 Å². The molecule has 0 bridgehead atoms. The number of sulfonamides is 1. The number of benzene rings is 2. The molecule has 0 N–H and O–H groups in total. The largest absolute Gasteiger partial charge is 0.294 e. The van der Waals surface area contributed by atoms with Crippen molar-refractivity contribution in [2.75, 3.05) is 6.54 Å². The zero-order chi connectivity index (χ0) is 17.5. The Kier molecular flexibility index (Phi) is 4.59. The molecular weight excluding hydrogens is 397 g/mol. The minimum Gasteiger partial charge on any atom is -0.294 e. The molecule has 0 atom stereocenters. The van der Waals surface area contributed by atoms with Gasteiger partial charge in [-0.25, -0.2) is 12.8 Å². The van der Waals surface area contributed by atoms with Crippen molar-refractivity contribution in [1.29, 1.82) is 0 Å². The molecule has 0 spiro atoms. The van der Waals surface area contributed by atoms with Gasteiger partial charge in [0, 0.05) is 29.5 Å². The molecule has 1 aliphatic rings. The van der Waals surface area contributed by atoms with Crippen LogP contribution < -0.4 is 0 Å². The van der Waals surface area contributed by atoms with Gasteiger partial charge in [0.1, 0.15) is 5.82 Å². The molecular formula is C17H15BrFNO3S. The Morgan fingerprint density at radius 2 is 1.83 bits per heavy atom. The normalized spacial score (nSPS) is 15.9. The van der Waals surface area contributed by atoms with Crippen LogP contribution in [0.25, 0.3) is 0 Å². The Morgan fingerprint density at radius 3 is 2.50 bits per heavy atom. The maximum atomic E-state index is 13.6. The van der Waals surface area contributed by atoms with Crippen LogP contribution in [0.15, 0.2) is 45.8 Å². The molecule has 0 fully saturated rings. The summed E-state index contributed by atoms with van der Waals surface area (Å²) in [4.78, 5) is 12.4. The fourth-order valence-corrected chi connectivity index (χ4v) is 4.66. The zero-order valence-corrected chi connectivity index (χ0v) is 15.3. The van der Waals surface area contributed by atoms with Crippen molar-refractivity contribution in [3.63, 3.8) is 0 Å². The van der Waals surface area contributed by atoms with Crippen molar-refractivity contribution in [3.8, 4) is 0 Å². The molecule has 0 amide bonds. The molecule has 0 unspecified atom stereocenters. The van der Waals surface area contributed by atoms with Gasteiger partial charge in [0.25, 0.3) is 0 Å². The molecule has 0 aromatic heterocycles. The number of hydrogen-bond acceptors (Lipinski definition) is 3. The number of carbonyl (C=O) groups excluding carboxylic acids is 1. The van der Waals surface area contributed by atoms with Gasteiger partial charge in [-0.05, 0) is 36.8 Å². The van der Waals surface area contributed by atoms with E-state index in [2.05, 4.69) is 15.9 Å². The highest BCUT2D eigenvalue weighted by Gasteiger charge is 2.30. The lowest BCUT2D eigenvalue weighted by molar-refractivity contribution is 0.0981. The van der Waals surface area contributed by atoms with E-state index < -0.39 is 15.8 Å². The Hall–Kier alpha value is -1.57. The van der Waals surface area contributed by atoms with E-state index >= 15 is 0 Å². The second-order valence-electron chi connectivity index (χ2n) is 5.74. The lowest BCUT2D eigenvalue weighted by Gasteiger charge is -2.21. The van der Waals surface area contributed by atoms with E-state index in [-0.39, 0.29) is 35.8 Å². The molecule has 1 aliphatic heterocycles. The van der Waals surface area contributed by atoms with Crippen LogP contribution >= 0.6 is 15.9 Å². The van der Waals surface area contributed by atoms with Crippen LogP contribution in [-0.4, -0.2) is 25.1 Å². The summed E-state index contributed by atoms with van der Waals surface area (Å²) in [5, 5.41) is 0. The summed E-state index contributed by atoms with van der Waals surface area (Å²) in [6.45, 7) is 1.97. The van der Waals surface area contributed by atoms with E-state index in [0.29, 0.717) is 10.0 Å². The molecule has 2 aromatic rings. The van der Waals surface area contributed by atoms with Crippen molar-refractivity contribution in [3.05, 3.63) is 63.4 Å². The van der Waals surface area contributed by atoms with E-state index in [1.165, 1.54) is 16.4 Å². The standard InChI is InChI=1S/C17H15BrFNO3S/c1-11-2-4-13(5-3-11)24(22,23)20-7-6-17(21)14-8-12(19)9-16(18)15(14)10-20/h2-5,8-9H,6-7,10H2,1H3. The van der Waals surface area contributed by atoms with Crippen LogP contribution in [0, 0.1) is 12.7 Å². The number of Topliss-reactive ketones (excluding diaryl/α,β-unsaturated/α-hetero) is 1. The molecule has 4 nitrogen and oxygen atoms in total. The Bertz CT molecular complexity index is 910. The number of aryl methyl sites for hydroxylation is 1. The quantitative estimate of drug-likeness (QED) is 0.757. The van der Waals surface area contributed by atoms with Crippen LogP contribution in [0.5, 0.6) is 0 Å². The first-order chi connectivity index (χ1) is 11.3. The summed E-state index contributed by atoms with van der Waals surface area (Å²) >= 11 is 3.24. The van der Waals surface area contributed by atoms with Gasteiger partial charge in [0.2, 0.25) is 10.0 Å². The third-order valence-electron chi connectivity index (χ3n) is 4.04. The maximum Gasteiger partial charge on any atom is 0.243 e. The number of nitrogens with zero attached hydrogens (tertiary/aromatic N) is 1. The second kappa shape index (κ2) is 6.38. The first-order valence-corrected chi connectivity index (χ1v) is 9.60. The highest BCUT2D eigenvalue weighted by molar-refractivity contribution is 9.10. The summed E-state index contributed by atoms with van der Waals surface area (Å²) in [5.41, 5.74) is 1.70. The molecule has 0 aliphatic carbocycles. The number of rotatable bonds is 2. The fourth-order valence-electron chi connectivity index (χ4n) is 2.69. The van der Waals surface area contributed by atoms with Crippen molar-refractivity contribution in [1.82, 2.24) is 4.31 Å². The van der Waals surface area contributed by atoms with Gasteiger partial charge in [-0.3, -0.25) is 4.79 Å². The molecule has 3 rings (SSSR count). The predicted molar refractivity (Wildman–Crippen MR) is 91.8 cm³/mol. The fraction of sp³-hybridized carbons (Fsp3) is 0.235. The van der Waals surface area contributed by atoms with E-state index in [0.717, 1.165) is 5.56 Å². The highest BCUT2D eigenvalue weighted by atomic mass is 79.9. The number of hydrogen-bond donors (Lipinski definition) is 0. The summed E-state index contributed by atoms with van der Waals surface area (Å²) in [6, 6.07) is 8.98. The first-order valence-electron chi connectivity index (χ1n) is 7.37. The van der Waals surface area contributed by atoms with Gasteiger partial charge in [-0.1, -0.05) is 33.6 Å². The minimum atomic E-state index is -3.73. The first kappa shape index (κ1) is 17.3. The summed E-state index contributed by atoms with van der Waals surface area (Å²) in [7, 11) is -3.73. The number of halogens is 2. The molecule has 24 heavy (non-hydrogen) atoms. The van der Waals surface area contributed by atoms with Gasteiger partial charge in [0.15, 0.2) is 5.78 Å². The third-order valence-corrected chi connectivity index (χ3v) is 6.61.